The van der Waals surface area contributed by atoms with Crippen LogP contribution in [0.2, 0.25) is 0 Å². The Hall–Kier alpha value is -3.53. The van der Waals surface area contributed by atoms with Gasteiger partial charge >= 0.3 is 5.69 Å². The van der Waals surface area contributed by atoms with Gasteiger partial charge in [-0.2, -0.15) is 5.10 Å². The van der Waals surface area contributed by atoms with Crippen LogP contribution in [0.15, 0.2) is 47.4 Å². The van der Waals surface area contributed by atoms with Crippen LogP contribution < -0.4 is 4.90 Å². The van der Waals surface area contributed by atoms with Crippen molar-refractivity contribution in [2.45, 2.75) is 38.1 Å². The molecule has 0 saturated carbocycles. The number of benzene rings is 2. The molecule has 1 amide bonds. The zero-order valence-corrected chi connectivity index (χ0v) is 19.4. The SMILES string of the molecule is Cc1nn(Cc2ccc(C(=O)N3CCCc4cc(S(C)(=O)=O)ccc43)cc2)c(C)c1[N+](=O)[O-]. The summed E-state index contributed by atoms with van der Waals surface area (Å²) in [6.07, 6.45) is 2.64. The van der Waals surface area contributed by atoms with Crippen molar-refractivity contribution in [3.8, 4) is 0 Å². The van der Waals surface area contributed by atoms with E-state index in [1.807, 2.05) is 12.1 Å². The van der Waals surface area contributed by atoms with Crippen molar-refractivity contribution in [2.24, 2.45) is 0 Å². The fraction of sp³-hybridized carbons (Fsp3) is 0.304. The first-order valence-corrected chi connectivity index (χ1v) is 12.4. The molecule has 9 nitrogen and oxygen atoms in total. The van der Waals surface area contributed by atoms with Crippen molar-refractivity contribution >= 4 is 27.1 Å². The molecule has 0 aliphatic carbocycles. The van der Waals surface area contributed by atoms with Crippen molar-refractivity contribution < 1.29 is 18.1 Å². The number of nitro groups is 1. The summed E-state index contributed by atoms with van der Waals surface area (Å²) in [5, 5.41) is 15.5. The molecule has 4 rings (SSSR count). The molecule has 1 aliphatic rings. The molecule has 0 atom stereocenters. The number of nitrogens with zero attached hydrogens (tertiary/aromatic N) is 4. The number of aromatic nitrogens is 2. The highest BCUT2D eigenvalue weighted by Gasteiger charge is 2.25. The fourth-order valence-corrected chi connectivity index (χ4v) is 4.87. The van der Waals surface area contributed by atoms with Gasteiger partial charge in [0.2, 0.25) is 0 Å². The maximum atomic E-state index is 13.2. The molecule has 1 aromatic heterocycles. The monoisotopic (exact) mass is 468 g/mol. The summed E-state index contributed by atoms with van der Waals surface area (Å²) in [4.78, 5) is 25.9. The second-order valence-electron chi connectivity index (χ2n) is 8.25. The van der Waals surface area contributed by atoms with E-state index in [1.54, 1.807) is 47.7 Å². The van der Waals surface area contributed by atoms with Crippen molar-refractivity contribution in [1.29, 1.82) is 0 Å². The Kier molecular flexibility index (Phi) is 5.79. The first-order chi connectivity index (χ1) is 15.6. The van der Waals surface area contributed by atoms with Crippen LogP contribution in [-0.2, 0) is 22.8 Å². The minimum atomic E-state index is -3.31. The van der Waals surface area contributed by atoms with Gasteiger partial charge in [0, 0.05) is 24.1 Å². The Morgan fingerprint density at radius 2 is 1.85 bits per heavy atom. The summed E-state index contributed by atoms with van der Waals surface area (Å²) in [5.74, 6) is -0.156. The van der Waals surface area contributed by atoms with E-state index in [0.29, 0.717) is 30.0 Å². The Morgan fingerprint density at radius 1 is 1.15 bits per heavy atom. The number of anilines is 1. The molecule has 2 aromatic carbocycles. The molecule has 0 radical (unpaired) electrons. The van der Waals surface area contributed by atoms with Gasteiger partial charge in [0.05, 0.1) is 16.4 Å². The third-order valence-electron chi connectivity index (χ3n) is 5.90. The van der Waals surface area contributed by atoms with Crippen molar-refractivity contribution in [2.75, 3.05) is 17.7 Å². The van der Waals surface area contributed by atoms with Gasteiger partial charge in [-0.15, -0.1) is 0 Å². The minimum Gasteiger partial charge on any atom is -0.308 e. The lowest BCUT2D eigenvalue weighted by atomic mass is 10.0. The van der Waals surface area contributed by atoms with Crippen LogP contribution >= 0.6 is 0 Å². The molecule has 3 aromatic rings. The van der Waals surface area contributed by atoms with E-state index >= 15 is 0 Å². The van der Waals surface area contributed by atoms with Crippen LogP contribution in [0.25, 0.3) is 0 Å². The van der Waals surface area contributed by atoms with Gasteiger partial charge in [-0.3, -0.25) is 19.6 Å². The van der Waals surface area contributed by atoms with Gasteiger partial charge in [-0.1, -0.05) is 12.1 Å². The molecule has 0 fully saturated rings. The van der Waals surface area contributed by atoms with Crippen LogP contribution in [0, 0.1) is 24.0 Å². The number of amides is 1. The number of hydrogen-bond donors (Lipinski definition) is 0. The Labute approximate surface area is 191 Å². The Bertz CT molecular complexity index is 1360. The van der Waals surface area contributed by atoms with E-state index in [1.165, 1.54) is 12.3 Å². The third kappa shape index (κ3) is 4.38. The maximum absolute atomic E-state index is 13.2. The topological polar surface area (TPSA) is 115 Å². The summed E-state index contributed by atoms with van der Waals surface area (Å²) in [7, 11) is -3.31. The van der Waals surface area contributed by atoms with E-state index < -0.39 is 14.8 Å². The largest absolute Gasteiger partial charge is 0.312 e. The van der Waals surface area contributed by atoms with Gasteiger partial charge in [0.25, 0.3) is 5.91 Å². The summed E-state index contributed by atoms with van der Waals surface area (Å²) >= 11 is 0. The van der Waals surface area contributed by atoms with Gasteiger partial charge < -0.3 is 4.90 Å². The smallest absolute Gasteiger partial charge is 0.308 e. The second-order valence-corrected chi connectivity index (χ2v) is 10.3. The fourth-order valence-electron chi connectivity index (χ4n) is 4.20. The number of fused-ring (bicyclic) bond motifs is 1. The highest BCUT2D eigenvalue weighted by Crippen LogP contribution is 2.31. The number of carbonyl (C=O) groups excluding carboxylic acids is 1. The first-order valence-electron chi connectivity index (χ1n) is 10.5. The molecular formula is C23H24N4O5S. The molecule has 33 heavy (non-hydrogen) atoms. The number of carbonyl (C=O) groups is 1. The summed E-state index contributed by atoms with van der Waals surface area (Å²) in [6, 6.07) is 12.0. The third-order valence-corrected chi connectivity index (χ3v) is 7.01. The lowest BCUT2D eigenvalue weighted by Gasteiger charge is -2.30. The van der Waals surface area contributed by atoms with Crippen LogP contribution in [0.3, 0.4) is 0 Å². The van der Waals surface area contributed by atoms with Gasteiger partial charge in [0.1, 0.15) is 11.4 Å². The molecule has 0 N–H and O–H groups in total. The van der Waals surface area contributed by atoms with Crippen LogP contribution in [0.5, 0.6) is 0 Å². The van der Waals surface area contributed by atoms with Crippen LogP contribution in [0.4, 0.5) is 11.4 Å². The normalized spacial score (nSPS) is 13.6. The molecule has 0 bridgehead atoms. The predicted octanol–water partition coefficient (Wildman–Crippen LogP) is 3.45. The number of aryl methyl sites for hydroxylation is 2. The Morgan fingerprint density at radius 3 is 2.45 bits per heavy atom. The zero-order valence-electron chi connectivity index (χ0n) is 18.6. The van der Waals surface area contributed by atoms with E-state index in [0.717, 1.165) is 29.7 Å². The average molecular weight is 469 g/mol. The Balaban J connectivity index is 1.56. The second kappa shape index (κ2) is 8.43. The standard InChI is InChI=1S/C23H24N4O5S/c1-15-22(27(29)30)16(2)26(24-15)14-17-6-8-18(9-7-17)23(28)25-12-4-5-19-13-20(33(3,31)32)10-11-21(19)25/h6-11,13H,4-5,12,14H2,1-3H3. The maximum Gasteiger partial charge on any atom is 0.312 e. The zero-order chi connectivity index (χ0) is 23.9. The molecule has 1 aliphatic heterocycles. The molecule has 172 valence electrons. The van der Waals surface area contributed by atoms with Gasteiger partial charge in [0.15, 0.2) is 9.84 Å². The molecule has 2 heterocycles. The molecule has 10 heteroatoms. The molecular weight excluding hydrogens is 444 g/mol. The average Bonchev–Trinajstić information content (AvgIpc) is 3.05. The van der Waals surface area contributed by atoms with Crippen molar-refractivity contribution in [1.82, 2.24) is 9.78 Å². The summed E-state index contributed by atoms with van der Waals surface area (Å²) < 4.78 is 25.3. The highest BCUT2D eigenvalue weighted by molar-refractivity contribution is 7.90. The van der Waals surface area contributed by atoms with E-state index in [4.69, 9.17) is 0 Å². The van der Waals surface area contributed by atoms with Crippen LogP contribution in [-0.4, -0.2) is 41.8 Å². The first kappa shape index (κ1) is 22.7. The van der Waals surface area contributed by atoms with Crippen molar-refractivity contribution in [3.05, 3.63) is 80.7 Å². The lowest BCUT2D eigenvalue weighted by Crippen LogP contribution is -2.35. The predicted molar refractivity (Wildman–Crippen MR) is 123 cm³/mol. The number of sulfone groups is 1. The van der Waals surface area contributed by atoms with Gasteiger partial charge in [-0.25, -0.2) is 8.42 Å². The number of hydrogen-bond acceptors (Lipinski definition) is 6. The molecule has 0 saturated heterocycles. The highest BCUT2D eigenvalue weighted by atomic mass is 32.2. The van der Waals surface area contributed by atoms with Crippen LogP contribution in [0.1, 0.15) is 39.3 Å². The van der Waals surface area contributed by atoms with E-state index in [9.17, 15) is 23.3 Å². The summed E-state index contributed by atoms with van der Waals surface area (Å²) in [6.45, 7) is 4.19. The number of rotatable bonds is 5. The van der Waals surface area contributed by atoms with Gasteiger partial charge in [-0.05, 0) is 68.1 Å². The molecule has 0 spiro atoms. The summed E-state index contributed by atoms with van der Waals surface area (Å²) in [5.41, 5.74) is 3.83. The molecule has 0 unspecified atom stereocenters. The van der Waals surface area contributed by atoms with E-state index in [-0.39, 0.29) is 16.5 Å². The quantitative estimate of drug-likeness (QED) is 0.418. The minimum absolute atomic E-state index is 0.0181. The van der Waals surface area contributed by atoms with Crippen molar-refractivity contribution in [3.63, 3.8) is 0 Å². The van der Waals surface area contributed by atoms with E-state index in [2.05, 4.69) is 5.10 Å². The lowest BCUT2D eigenvalue weighted by molar-refractivity contribution is -0.386.